The Kier molecular flexibility index (Phi) is 8.23. The highest BCUT2D eigenvalue weighted by Crippen LogP contribution is 2.21. The maximum Gasteiger partial charge on any atom is 0.191 e. The number of aliphatic imine (C=N–C) groups is 1. The maximum absolute atomic E-state index is 13.0. The Balaban J connectivity index is 0.00000280. The highest BCUT2D eigenvalue weighted by Gasteiger charge is 2.23. The van der Waals surface area contributed by atoms with Gasteiger partial charge in [0, 0.05) is 38.3 Å². The number of aliphatic hydroxyl groups excluding tert-OH is 1. The fourth-order valence-corrected chi connectivity index (χ4v) is 3.28. The largest absolute Gasteiger partial charge is 0.387 e. The Hall–Kier alpha value is -1.68. The van der Waals surface area contributed by atoms with Crippen molar-refractivity contribution in [2.45, 2.75) is 51.3 Å². The summed E-state index contributed by atoms with van der Waals surface area (Å²) in [5.74, 6) is 0.334. The molecule has 0 saturated heterocycles. The van der Waals surface area contributed by atoms with Crippen LogP contribution in [0.3, 0.4) is 0 Å². The number of aryl methyl sites for hydroxylation is 1. The van der Waals surface area contributed by atoms with Gasteiger partial charge in [0.15, 0.2) is 5.96 Å². The van der Waals surface area contributed by atoms with E-state index in [2.05, 4.69) is 35.7 Å². The first-order valence-corrected chi connectivity index (χ1v) is 9.44. The van der Waals surface area contributed by atoms with Crippen molar-refractivity contribution < 1.29 is 9.50 Å². The topological polar surface area (TPSA) is 74.5 Å². The van der Waals surface area contributed by atoms with Crippen molar-refractivity contribution in [3.63, 3.8) is 0 Å². The van der Waals surface area contributed by atoms with E-state index in [9.17, 15) is 9.50 Å². The zero-order valence-corrected chi connectivity index (χ0v) is 18.9. The van der Waals surface area contributed by atoms with E-state index >= 15 is 0 Å². The third-order valence-corrected chi connectivity index (χ3v) is 4.91. The molecule has 8 heteroatoms. The molecule has 1 aromatic heterocycles. The van der Waals surface area contributed by atoms with Crippen LogP contribution < -0.4 is 10.6 Å². The number of rotatable bonds is 5. The van der Waals surface area contributed by atoms with Gasteiger partial charge in [-0.05, 0) is 49.9 Å². The molecule has 0 spiro atoms. The van der Waals surface area contributed by atoms with Crippen LogP contribution in [0.15, 0.2) is 35.5 Å². The van der Waals surface area contributed by atoms with Crippen molar-refractivity contribution in [1.82, 2.24) is 20.4 Å². The molecule has 0 radical (unpaired) electrons. The van der Waals surface area contributed by atoms with Crippen LogP contribution in [0, 0.1) is 5.82 Å². The monoisotopic (exact) mass is 501 g/mol. The van der Waals surface area contributed by atoms with Crippen LogP contribution in [0.2, 0.25) is 0 Å². The Labute approximate surface area is 182 Å². The molecule has 2 unspecified atom stereocenters. The zero-order chi connectivity index (χ0) is 19.4. The summed E-state index contributed by atoms with van der Waals surface area (Å²) in [7, 11) is 1.71. The second kappa shape index (κ2) is 10.2. The standard InChI is InChI=1S/C20H28FN5O.HI/c1-13(2)26-12-15-6-9-17(10-18(15)25-26)24-20(22-3)23-11-19(27)14-4-7-16(21)8-5-14;/h4-5,7-8,12-13,17,19,27H,6,9-11H2,1-3H3,(H2,22,23,24);1H. The minimum atomic E-state index is -0.733. The molecule has 0 fully saturated rings. The summed E-state index contributed by atoms with van der Waals surface area (Å²) in [5.41, 5.74) is 3.14. The Bertz CT molecular complexity index is 790. The summed E-state index contributed by atoms with van der Waals surface area (Å²) >= 11 is 0. The van der Waals surface area contributed by atoms with Crippen LogP contribution in [0.5, 0.6) is 0 Å². The molecule has 0 amide bonds. The minimum Gasteiger partial charge on any atom is -0.387 e. The first-order valence-electron chi connectivity index (χ1n) is 9.44. The molecule has 2 aromatic rings. The number of nitrogens with zero attached hydrogens (tertiary/aromatic N) is 3. The van der Waals surface area contributed by atoms with Gasteiger partial charge in [-0.2, -0.15) is 5.10 Å². The number of benzene rings is 1. The highest BCUT2D eigenvalue weighted by molar-refractivity contribution is 14.0. The van der Waals surface area contributed by atoms with Gasteiger partial charge in [0.05, 0.1) is 11.8 Å². The van der Waals surface area contributed by atoms with Crippen molar-refractivity contribution in [1.29, 1.82) is 0 Å². The second-order valence-electron chi connectivity index (χ2n) is 7.28. The molecule has 0 bridgehead atoms. The maximum atomic E-state index is 13.0. The van der Waals surface area contributed by atoms with Crippen LogP contribution in [0.1, 0.15) is 49.2 Å². The number of guanidine groups is 1. The summed E-state index contributed by atoms with van der Waals surface area (Å²) in [6, 6.07) is 6.49. The van der Waals surface area contributed by atoms with E-state index in [1.54, 1.807) is 19.2 Å². The molecule has 0 aliphatic heterocycles. The van der Waals surface area contributed by atoms with Crippen LogP contribution in [0.4, 0.5) is 4.39 Å². The summed E-state index contributed by atoms with van der Waals surface area (Å²) in [6.07, 6.45) is 4.29. The lowest BCUT2D eigenvalue weighted by Gasteiger charge is -2.25. The SMILES string of the molecule is CN=C(NCC(O)c1ccc(F)cc1)NC1CCc2cn(C(C)C)nc2C1.I. The van der Waals surface area contributed by atoms with Crippen LogP contribution in [-0.4, -0.2) is 40.5 Å². The van der Waals surface area contributed by atoms with Gasteiger partial charge in [0.25, 0.3) is 0 Å². The Morgan fingerprint density at radius 2 is 2.07 bits per heavy atom. The predicted octanol–water partition coefficient (Wildman–Crippen LogP) is 2.98. The number of aromatic nitrogens is 2. The van der Waals surface area contributed by atoms with Gasteiger partial charge in [-0.25, -0.2) is 4.39 Å². The Morgan fingerprint density at radius 1 is 1.36 bits per heavy atom. The molecule has 1 aromatic carbocycles. The molecule has 154 valence electrons. The van der Waals surface area contributed by atoms with E-state index in [0.717, 1.165) is 25.0 Å². The minimum absolute atomic E-state index is 0. The number of halogens is 2. The van der Waals surface area contributed by atoms with Gasteiger partial charge < -0.3 is 15.7 Å². The first kappa shape index (κ1) is 22.6. The number of hydrogen-bond acceptors (Lipinski definition) is 3. The molecule has 1 aliphatic carbocycles. The number of aliphatic hydroxyl groups is 1. The van der Waals surface area contributed by atoms with Crippen molar-refractivity contribution >= 4 is 29.9 Å². The fraction of sp³-hybridized carbons (Fsp3) is 0.500. The van der Waals surface area contributed by atoms with Crippen molar-refractivity contribution in [3.8, 4) is 0 Å². The summed E-state index contributed by atoms with van der Waals surface area (Å²) in [4.78, 5) is 4.25. The van der Waals surface area contributed by atoms with Gasteiger partial charge in [-0.15, -0.1) is 24.0 Å². The summed E-state index contributed by atoms with van der Waals surface area (Å²) < 4.78 is 15.0. The van der Waals surface area contributed by atoms with Gasteiger partial charge in [-0.3, -0.25) is 9.67 Å². The molecule has 1 aliphatic rings. The van der Waals surface area contributed by atoms with E-state index < -0.39 is 6.10 Å². The van der Waals surface area contributed by atoms with E-state index in [-0.39, 0.29) is 35.8 Å². The second-order valence-corrected chi connectivity index (χ2v) is 7.28. The van der Waals surface area contributed by atoms with E-state index in [4.69, 9.17) is 5.10 Å². The van der Waals surface area contributed by atoms with E-state index in [0.29, 0.717) is 24.1 Å². The first-order chi connectivity index (χ1) is 13.0. The number of nitrogens with one attached hydrogen (secondary N) is 2. The molecule has 1 heterocycles. The fourth-order valence-electron chi connectivity index (χ4n) is 3.28. The van der Waals surface area contributed by atoms with Crippen molar-refractivity contribution in [2.24, 2.45) is 4.99 Å². The molecular weight excluding hydrogens is 472 g/mol. The van der Waals surface area contributed by atoms with Crippen molar-refractivity contribution in [3.05, 3.63) is 53.1 Å². The van der Waals surface area contributed by atoms with Crippen LogP contribution in [-0.2, 0) is 12.8 Å². The lowest BCUT2D eigenvalue weighted by atomic mass is 9.94. The lowest BCUT2D eigenvalue weighted by Crippen LogP contribution is -2.46. The Morgan fingerprint density at radius 3 is 2.71 bits per heavy atom. The molecule has 2 atom stereocenters. The van der Waals surface area contributed by atoms with E-state index in [1.165, 1.54) is 17.7 Å². The van der Waals surface area contributed by atoms with E-state index in [1.807, 2.05) is 4.68 Å². The van der Waals surface area contributed by atoms with Crippen molar-refractivity contribution in [2.75, 3.05) is 13.6 Å². The van der Waals surface area contributed by atoms with Gasteiger partial charge in [0.2, 0.25) is 0 Å². The third-order valence-electron chi connectivity index (χ3n) is 4.91. The van der Waals surface area contributed by atoms with Gasteiger partial charge >= 0.3 is 0 Å². The lowest BCUT2D eigenvalue weighted by molar-refractivity contribution is 0.180. The zero-order valence-electron chi connectivity index (χ0n) is 16.5. The molecule has 3 N–H and O–H groups in total. The summed E-state index contributed by atoms with van der Waals surface area (Å²) in [5, 5.41) is 21.5. The molecular formula is C20H29FIN5O. The molecule has 28 heavy (non-hydrogen) atoms. The normalized spacial score (nSPS) is 17.6. The molecule has 6 nitrogen and oxygen atoms in total. The van der Waals surface area contributed by atoms with Gasteiger partial charge in [-0.1, -0.05) is 12.1 Å². The van der Waals surface area contributed by atoms with Crippen LogP contribution in [0.25, 0.3) is 0 Å². The molecule has 0 saturated carbocycles. The average molecular weight is 501 g/mol. The van der Waals surface area contributed by atoms with Crippen LogP contribution >= 0.6 is 24.0 Å². The van der Waals surface area contributed by atoms with Gasteiger partial charge in [0.1, 0.15) is 5.82 Å². The highest BCUT2D eigenvalue weighted by atomic mass is 127. The smallest absolute Gasteiger partial charge is 0.191 e. The summed E-state index contributed by atoms with van der Waals surface area (Å²) in [6.45, 7) is 4.56. The quantitative estimate of drug-likeness (QED) is 0.335. The number of fused-ring (bicyclic) bond motifs is 1. The average Bonchev–Trinajstić information content (AvgIpc) is 3.09. The predicted molar refractivity (Wildman–Crippen MR) is 120 cm³/mol. The molecule has 3 rings (SSSR count). The third kappa shape index (κ3) is 5.66. The number of hydrogen-bond donors (Lipinski definition) is 3.